The van der Waals surface area contributed by atoms with Gasteiger partial charge >= 0.3 is 0 Å². The van der Waals surface area contributed by atoms with Crippen LogP contribution in [0.3, 0.4) is 0 Å². The van der Waals surface area contributed by atoms with Crippen LogP contribution >= 0.6 is 11.8 Å². The van der Waals surface area contributed by atoms with Gasteiger partial charge in [-0.1, -0.05) is 19.8 Å². The van der Waals surface area contributed by atoms with Crippen LogP contribution in [0.15, 0.2) is 16.9 Å². The van der Waals surface area contributed by atoms with E-state index in [9.17, 15) is 9.18 Å². The highest BCUT2D eigenvalue weighted by molar-refractivity contribution is 7.99. The molecule has 6 heteroatoms. The van der Waals surface area contributed by atoms with Crippen LogP contribution in [0.5, 0.6) is 0 Å². The molecule has 0 bridgehead atoms. The normalized spacial score (nSPS) is 23.8. The van der Waals surface area contributed by atoms with Crippen LogP contribution in [0.2, 0.25) is 0 Å². The van der Waals surface area contributed by atoms with Crippen molar-refractivity contribution < 1.29 is 4.39 Å². The van der Waals surface area contributed by atoms with E-state index >= 15 is 0 Å². The molecule has 2 aliphatic rings. The lowest BCUT2D eigenvalue weighted by Gasteiger charge is -2.25. The second-order valence-electron chi connectivity index (χ2n) is 8.18. The van der Waals surface area contributed by atoms with Crippen LogP contribution in [-0.4, -0.2) is 21.3 Å². The van der Waals surface area contributed by atoms with Crippen molar-refractivity contribution in [1.29, 1.82) is 0 Å². The number of nitrogens with one attached hydrogen (secondary N) is 2. The Kier molecular flexibility index (Phi) is 5.71. The first-order chi connectivity index (χ1) is 13.1. The van der Waals surface area contributed by atoms with Gasteiger partial charge in [0, 0.05) is 17.0 Å². The first-order valence-corrected chi connectivity index (χ1v) is 11.2. The predicted octanol–water partition coefficient (Wildman–Crippen LogP) is 5.23. The van der Waals surface area contributed by atoms with Crippen molar-refractivity contribution in [1.82, 2.24) is 9.97 Å². The molecular weight excluding hydrogens is 361 g/mol. The van der Waals surface area contributed by atoms with Gasteiger partial charge in [0.15, 0.2) is 0 Å². The molecule has 0 saturated heterocycles. The van der Waals surface area contributed by atoms with E-state index in [2.05, 4.69) is 22.2 Å². The Morgan fingerprint density at radius 1 is 1.19 bits per heavy atom. The third-order valence-electron chi connectivity index (χ3n) is 5.95. The number of benzene rings is 1. The molecule has 0 radical (unpaired) electrons. The monoisotopic (exact) mass is 389 g/mol. The molecule has 2 aliphatic carbocycles. The molecule has 27 heavy (non-hydrogen) atoms. The Labute approximate surface area is 163 Å². The Balaban J connectivity index is 1.52. The van der Waals surface area contributed by atoms with E-state index in [-0.39, 0.29) is 10.9 Å². The van der Waals surface area contributed by atoms with Crippen molar-refractivity contribution in [2.24, 2.45) is 5.92 Å². The highest BCUT2D eigenvalue weighted by Crippen LogP contribution is 2.33. The molecule has 0 spiro atoms. The van der Waals surface area contributed by atoms with Gasteiger partial charge in [-0.2, -0.15) is 11.8 Å². The molecule has 0 atom stereocenters. The van der Waals surface area contributed by atoms with Crippen LogP contribution in [-0.2, 0) is 5.75 Å². The summed E-state index contributed by atoms with van der Waals surface area (Å²) in [6.07, 6.45) is 9.68. The van der Waals surface area contributed by atoms with Crippen molar-refractivity contribution in [2.45, 2.75) is 75.3 Å². The Hall–Kier alpha value is -1.56. The lowest BCUT2D eigenvalue weighted by Crippen LogP contribution is -2.17. The largest absolute Gasteiger partial charge is 0.382 e. The maximum absolute atomic E-state index is 14.5. The van der Waals surface area contributed by atoms with Gasteiger partial charge in [0.2, 0.25) is 0 Å². The number of aromatic amines is 1. The fraction of sp³-hybridized carbons (Fsp3) is 0.619. The molecule has 2 N–H and O–H groups in total. The quantitative estimate of drug-likeness (QED) is 0.735. The summed E-state index contributed by atoms with van der Waals surface area (Å²) in [6, 6.07) is 3.64. The molecular formula is C21H28FN3OS. The van der Waals surface area contributed by atoms with Gasteiger partial charge in [0.25, 0.3) is 5.56 Å². The summed E-state index contributed by atoms with van der Waals surface area (Å²) in [6.45, 7) is 2.31. The van der Waals surface area contributed by atoms with E-state index in [1.54, 1.807) is 0 Å². The summed E-state index contributed by atoms with van der Waals surface area (Å²) in [5.74, 6) is 1.65. The van der Waals surface area contributed by atoms with E-state index in [0.717, 1.165) is 24.4 Å². The molecule has 1 heterocycles. The molecule has 0 unspecified atom stereocenters. The lowest BCUT2D eigenvalue weighted by molar-refractivity contribution is 0.393. The summed E-state index contributed by atoms with van der Waals surface area (Å²) >= 11 is 1.86. The van der Waals surface area contributed by atoms with Gasteiger partial charge in [0.1, 0.15) is 17.0 Å². The van der Waals surface area contributed by atoms with Gasteiger partial charge in [-0.05, 0) is 56.6 Å². The third kappa shape index (κ3) is 4.48. The number of hydrogen-bond donors (Lipinski definition) is 2. The van der Waals surface area contributed by atoms with Crippen molar-refractivity contribution in [3.8, 4) is 0 Å². The fourth-order valence-corrected chi connectivity index (χ4v) is 5.46. The smallest absolute Gasteiger partial charge is 0.261 e. The minimum absolute atomic E-state index is 0.0622. The van der Waals surface area contributed by atoms with Crippen LogP contribution in [0, 0.1) is 11.7 Å². The Morgan fingerprint density at radius 2 is 1.93 bits per heavy atom. The molecule has 2 aromatic rings. The number of rotatable bonds is 5. The lowest BCUT2D eigenvalue weighted by atomic mass is 9.91. The predicted molar refractivity (Wildman–Crippen MR) is 111 cm³/mol. The molecule has 0 aliphatic heterocycles. The van der Waals surface area contributed by atoms with Crippen LogP contribution in [0.1, 0.15) is 64.1 Å². The Morgan fingerprint density at radius 3 is 2.67 bits per heavy atom. The number of thioether (sulfide) groups is 1. The fourth-order valence-electron chi connectivity index (χ4n) is 4.32. The molecule has 0 amide bonds. The zero-order valence-corrected chi connectivity index (χ0v) is 16.7. The second kappa shape index (κ2) is 8.21. The van der Waals surface area contributed by atoms with Crippen molar-refractivity contribution >= 4 is 28.4 Å². The topological polar surface area (TPSA) is 57.8 Å². The minimum atomic E-state index is -0.498. The number of aromatic nitrogens is 2. The second-order valence-corrected chi connectivity index (χ2v) is 9.47. The molecule has 1 aromatic heterocycles. The maximum atomic E-state index is 14.5. The van der Waals surface area contributed by atoms with Gasteiger partial charge in [0.05, 0.1) is 11.3 Å². The van der Waals surface area contributed by atoms with Gasteiger partial charge < -0.3 is 10.3 Å². The van der Waals surface area contributed by atoms with Gasteiger partial charge in [-0.3, -0.25) is 4.79 Å². The van der Waals surface area contributed by atoms with Crippen LogP contribution < -0.4 is 10.9 Å². The molecule has 4 rings (SSSR count). The summed E-state index contributed by atoms with van der Waals surface area (Å²) in [4.78, 5) is 19.8. The van der Waals surface area contributed by atoms with Crippen molar-refractivity contribution in [3.63, 3.8) is 0 Å². The third-order valence-corrected chi connectivity index (χ3v) is 7.34. The zero-order valence-electron chi connectivity index (χ0n) is 15.9. The Bertz CT molecular complexity index is 854. The highest BCUT2D eigenvalue weighted by Gasteiger charge is 2.20. The number of H-pyrrole nitrogens is 1. The minimum Gasteiger partial charge on any atom is -0.382 e. The summed E-state index contributed by atoms with van der Waals surface area (Å²) in [5, 5.41) is 4.10. The van der Waals surface area contributed by atoms with E-state index in [4.69, 9.17) is 0 Å². The standard InChI is InChI=1S/C21H28FN3OS/c1-13-6-8-16(9-7-13)27-12-19-24-18-11-15(23-14-4-2-3-5-14)10-17(22)20(18)21(26)25-19/h10-11,13-14,16,23H,2-9,12H2,1H3,(H,24,25,26)/t13-,16+. The van der Waals surface area contributed by atoms with E-state index in [1.165, 1.54) is 44.6 Å². The van der Waals surface area contributed by atoms with Gasteiger partial charge in [-0.15, -0.1) is 0 Å². The van der Waals surface area contributed by atoms with Crippen molar-refractivity contribution in [3.05, 3.63) is 34.1 Å². The number of hydrogen-bond acceptors (Lipinski definition) is 4. The number of fused-ring (bicyclic) bond motifs is 1. The summed E-state index contributed by atoms with van der Waals surface area (Å²) in [7, 11) is 0. The first-order valence-electron chi connectivity index (χ1n) is 10.2. The van der Waals surface area contributed by atoms with Crippen LogP contribution in [0.25, 0.3) is 10.9 Å². The molecule has 1 aromatic carbocycles. The van der Waals surface area contributed by atoms with E-state index < -0.39 is 5.82 Å². The van der Waals surface area contributed by atoms with Gasteiger partial charge in [-0.25, -0.2) is 9.37 Å². The highest BCUT2D eigenvalue weighted by atomic mass is 32.2. The number of nitrogens with zero attached hydrogens (tertiary/aromatic N) is 1. The molecule has 2 fully saturated rings. The summed E-state index contributed by atoms with van der Waals surface area (Å²) in [5.41, 5.74) is 0.801. The van der Waals surface area contributed by atoms with E-state index in [1.807, 2.05) is 17.8 Å². The first kappa shape index (κ1) is 18.8. The SMILES string of the molecule is C[C@H]1CC[C@@H](SCc2nc3cc(NC4CCCC4)cc(F)c3c(=O)[nH]2)CC1. The number of halogens is 1. The average molecular weight is 390 g/mol. The molecule has 146 valence electrons. The average Bonchev–Trinajstić information content (AvgIpc) is 3.13. The van der Waals surface area contributed by atoms with E-state index in [0.29, 0.717) is 28.4 Å². The zero-order chi connectivity index (χ0) is 18.8. The summed E-state index contributed by atoms with van der Waals surface area (Å²) < 4.78 is 14.5. The van der Waals surface area contributed by atoms with Crippen molar-refractivity contribution in [2.75, 3.05) is 5.32 Å². The maximum Gasteiger partial charge on any atom is 0.261 e. The molecule has 4 nitrogen and oxygen atoms in total. The molecule has 2 saturated carbocycles. The van der Waals surface area contributed by atoms with Crippen LogP contribution in [0.4, 0.5) is 10.1 Å². The number of anilines is 1.